The summed E-state index contributed by atoms with van der Waals surface area (Å²) in [4.78, 5) is 30.3. The molecule has 52 heavy (non-hydrogen) atoms. The lowest BCUT2D eigenvalue weighted by Crippen LogP contribution is -2.55. The molecule has 1 saturated carbocycles. The quantitative estimate of drug-likeness (QED) is 0.126. The number of halogens is 1. The van der Waals surface area contributed by atoms with Crippen LogP contribution in [0.1, 0.15) is 43.2 Å². The normalized spacial score (nSPS) is 13.9. The number of anilines is 1. The maximum absolute atomic E-state index is 15.3. The number of hydrogen-bond donors (Lipinski definition) is 1. The van der Waals surface area contributed by atoms with E-state index in [1.807, 2.05) is 48.5 Å². The molecule has 0 saturated heterocycles. The third-order valence-corrected chi connectivity index (χ3v) is 11.0. The second kappa shape index (κ2) is 17.2. The summed E-state index contributed by atoms with van der Waals surface area (Å²) in [6.45, 7) is -0.892. The Labute approximate surface area is 304 Å². The predicted molar refractivity (Wildman–Crippen MR) is 200 cm³/mol. The Kier molecular flexibility index (Phi) is 12.0. The Morgan fingerprint density at radius 2 is 1.31 bits per heavy atom. The van der Waals surface area contributed by atoms with Gasteiger partial charge in [0.15, 0.2) is 0 Å². The van der Waals surface area contributed by atoms with Gasteiger partial charge in [-0.05, 0) is 73.0 Å². The highest BCUT2D eigenvalue weighted by atomic mass is 32.2. The number of hydrogen-bond acceptors (Lipinski definition) is 5. The molecule has 0 heterocycles. The van der Waals surface area contributed by atoms with Gasteiger partial charge in [0.1, 0.15) is 29.9 Å². The van der Waals surface area contributed by atoms with Gasteiger partial charge in [-0.15, -0.1) is 0 Å². The van der Waals surface area contributed by atoms with Crippen molar-refractivity contribution in [3.8, 4) is 11.5 Å². The highest BCUT2D eigenvalue weighted by molar-refractivity contribution is 7.92. The molecular formula is C42H42FN3O5S. The highest BCUT2D eigenvalue weighted by Crippen LogP contribution is 2.29. The Hall–Kier alpha value is -5.48. The summed E-state index contributed by atoms with van der Waals surface area (Å²) in [6.07, 6.45) is 4.90. The topological polar surface area (TPSA) is 96.0 Å². The van der Waals surface area contributed by atoms with E-state index in [-0.39, 0.29) is 41.1 Å². The number of sulfonamides is 1. The third-order valence-electron chi connectivity index (χ3n) is 9.23. The van der Waals surface area contributed by atoms with Crippen LogP contribution in [0.5, 0.6) is 11.5 Å². The zero-order valence-corrected chi connectivity index (χ0v) is 29.6. The molecule has 5 aromatic rings. The van der Waals surface area contributed by atoms with Gasteiger partial charge in [0.05, 0.1) is 10.6 Å². The molecule has 2 amide bonds. The number of rotatable bonds is 14. The summed E-state index contributed by atoms with van der Waals surface area (Å²) < 4.78 is 50.9. The van der Waals surface area contributed by atoms with Gasteiger partial charge in [-0.25, -0.2) is 12.8 Å². The zero-order valence-electron chi connectivity index (χ0n) is 28.8. The number of benzene rings is 5. The van der Waals surface area contributed by atoms with Crippen LogP contribution in [0.3, 0.4) is 0 Å². The van der Waals surface area contributed by atoms with Gasteiger partial charge in [-0.2, -0.15) is 0 Å². The van der Waals surface area contributed by atoms with E-state index in [4.69, 9.17) is 4.74 Å². The van der Waals surface area contributed by atoms with Gasteiger partial charge >= 0.3 is 0 Å². The maximum Gasteiger partial charge on any atom is 0.264 e. The predicted octanol–water partition coefficient (Wildman–Crippen LogP) is 7.90. The number of ether oxygens (including phenoxy) is 1. The molecule has 268 valence electrons. The fraction of sp³-hybridized carbons (Fsp3) is 0.238. The van der Waals surface area contributed by atoms with Crippen molar-refractivity contribution >= 4 is 27.5 Å². The minimum atomic E-state index is -4.29. The first-order valence-corrected chi connectivity index (χ1v) is 19.0. The number of carbonyl (C=O) groups excluding carboxylic acids is 2. The standard InChI is InChI=1S/C42H42FN3O5S/c43-39-24-14-13-17-33(39)30-45(40(29-32-15-5-1-6-16-32)42(48)44-34-18-7-2-8-19-34)41(47)31-46(52(49,50)38-22-11-4-12-23-38)35-25-27-37(28-26-35)51-36-20-9-3-10-21-36/h1,3-6,9-17,20-28,34,40H,2,7-8,18-19,29-31H2,(H,44,48)/t40-/m1/s1. The van der Waals surface area contributed by atoms with E-state index in [1.54, 1.807) is 72.8 Å². The molecule has 0 unspecified atom stereocenters. The van der Waals surface area contributed by atoms with Gasteiger partial charge in [0, 0.05) is 24.6 Å². The Bertz CT molecular complexity index is 2030. The van der Waals surface area contributed by atoms with E-state index in [0.29, 0.717) is 11.5 Å². The summed E-state index contributed by atoms with van der Waals surface area (Å²) in [5.74, 6) is -0.470. The van der Waals surface area contributed by atoms with E-state index in [0.717, 1.165) is 42.0 Å². The minimum Gasteiger partial charge on any atom is -0.457 e. The summed E-state index contributed by atoms with van der Waals surface area (Å²) >= 11 is 0. The molecule has 0 radical (unpaired) electrons. The van der Waals surface area contributed by atoms with Crippen molar-refractivity contribution in [1.82, 2.24) is 10.2 Å². The van der Waals surface area contributed by atoms with Crippen LogP contribution >= 0.6 is 0 Å². The number of carbonyl (C=O) groups is 2. The Morgan fingerprint density at radius 3 is 1.96 bits per heavy atom. The van der Waals surface area contributed by atoms with Crippen molar-refractivity contribution in [3.63, 3.8) is 0 Å². The van der Waals surface area contributed by atoms with Crippen LogP contribution in [-0.4, -0.2) is 43.8 Å². The number of nitrogens with one attached hydrogen (secondary N) is 1. The third kappa shape index (κ3) is 9.24. The SMILES string of the molecule is O=C(NC1CCCCC1)[C@@H](Cc1ccccc1)N(Cc1ccccc1F)C(=O)CN(c1ccc(Oc2ccccc2)cc1)S(=O)(=O)c1ccccc1. The molecular weight excluding hydrogens is 678 g/mol. The molecule has 0 spiro atoms. The molecule has 1 aliphatic rings. The van der Waals surface area contributed by atoms with Crippen LogP contribution in [0.25, 0.3) is 0 Å². The average molecular weight is 720 g/mol. The molecule has 1 aliphatic carbocycles. The highest BCUT2D eigenvalue weighted by Gasteiger charge is 2.35. The van der Waals surface area contributed by atoms with E-state index in [1.165, 1.54) is 23.1 Å². The van der Waals surface area contributed by atoms with Crippen molar-refractivity contribution < 1.29 is 27.1 Å². The van der Waals surface area contributed by atoms with E-state index in [2.05, 4.69) is 5.32 Å². The van der Waals surface area contributed by atoms with Gasteiger partial charge < -0.3 is 15.0 Å². The molecule has 1 N–H and O–H groups in total. The molecule has 6 rings (SSSR count). The Morgan fingerprint density at radius 1 is 0.731 bits per heavy atom. The number of amides is 2. The molecule has 0 aromatic heterocycles. The lowest BCUT2D eigenvalue weighted by molar-refractivity contribution is -0.140. The largest absolute Gasteiger partial charge is 0.457 e. The summed E-state index contributed by atoms with van der Waals surface area (Å²) in [5, 5.41) is 3.17. The van der Waals surface area contributed by atoms with E-state index < -0.39 is 34.3 Å². The molecule has 1 atom stereocenters. The molecule has 0 aliphatic heterocycles. The van der Waals surface area contributed by atoms with Crippen LogP contribution in [-0.2, 0) is 32.6 Å². The first-order chi connectivity index (χ1) is 25.3. The summed E-state index contributed by atoms with van der Waals surface area (Å²) in [6, 6.07) is 37.8. The second-order valence-corrected chi connectivity index (χ2v) is 14.8. The molecule has 5 aromatic carbocycles. The fourth-order valence-corrected chi connectivity index (χ4v) is 7.90. The summed E-state index contributed by atoms with van der Waals surface area (Å²) in [7, 11) is -4.29. The van der Waals surface area contributed by atoms with Gasteiger partial charge in [-0.1, -0.05) is 104 Å². The first kappa shape index (κ1) is 36.3. The molecule has 10 heteroatoms. The van der Waals surface area contributed by atoms with Crippen molar-refractivity contribution in [2.75, 3.05) is 10.8 Å². The van der Waals surface area contributed by atoms with Crippen LogP contribution in [0.2, 0.25) is 0 Å². The zero-order chi connectivity index (χ0) is 36.3. The van der Waals surface area contributed by atoms with Crippen LogP contribution in [0.4, 0.5) is 10.1 Å². The second-order valence-electron chi connectivity index (χ2n) is 12.9. The number of para-hydroxylation sites is 1. The van der Waals surface area contributed by atoms with Crippen molar-refractivity contribution in [3.05, 3.63) is 156 Å². The maximum atomic E-state index is 15.3. The van der Waals surface area contributed by atoms with E-state index >= 15 is 4.39 Å². The first-order valence-electron chi connectivity index (χ1n) is 17.6. The minimum absolute atomic E-state index is 0.0102. The fourth-order valence-electron chi connectivity index (χ4n) is 6.46. The lowest BCUT2D eigenvalue weighted by atomic mass is 9.94. The van der Waals surface area contributed by atoms with E-state index in [9.17, 15) is 18.0 Å². The van der Waals surface area contributed by atoms with Crippen molar-refractivity contribution in [2.45, 2.75) is 62.0 Å². The Balaban J connectivity index is 1.38. The average Bonchev–Trinajstić information content (AvgIpc) is 3.17. The van der Waals surface area contributed by atoms with Gasteiger partial charge in [0.25, 0.3) is 10.0 Å². The van der Waals surface area contributed by atoms with Crippen molar-refractivity contribution in [2.24, 2.45) is 0 Å². The smallest absolute Gasteiger partial charge is 0.264 e. The van der Waals surface area contributed by atoms with Crippen molar-refractivity contribution in [1.29, 1.82) is 0 Å². The van der Waals surface area contributed by atoms with Gasteiger partial charge in [-0.3, -0.25) is 13.9 Å². The molecule has 0 bridgehead atoms. The van der Waals surface area contributed by atoms with Crippen LogP contribution in [0, 0.1) is 5.82 Å². The number of nitrogens with zero attached hydrogens (tertiary/aromatic N) is 2. The lowest BCUT2D eigenvalue weighted by Gasteiger charge is -2.35. The van der Waals surface area contributed by atoms with Crippen LogP contribution in [0.15, 0.2) is 144 Å². The summed E-state index contributed by atoms with van der Waals surface area (Å²) in [5.41, 5.74) is 1.23. The van der Waals surface area contributed by atoms with Crippen LogP contribution < -0.4 is 14.4 Å². The molecule has 1 fully saturated rings. The molecule has 8 nitrogen and oxygen atoms in total. The van der Waals surface area contributed by atoms with Gasteiger partial charge in [0.2, 0.25) is 11.8 Å². The monoisotopic (exact) mass is 719 g/mol.